The van der Waals surface area contributed by atoms with E-state index in [0.717, 1.165) is 12.6 Å². The summed E-state index contributed by atoms with van der Waals surface area (Å²) >= 11 is 1.94. The fraction of sp³-hybridized carbons (Fsp3) is 0.375. The fourth-order valence-electron chi connectivity index (χ4n) is 2.06. The normalized spacial score (nSPS) is 11.7. The smallest absolute Gasteiger partial charge is 0.354 e. The first-order valence-corrected chi connectivity index (χ1v) is 8.80. The van der Waals surface area contributed by atoms with Crippen molar-refractivity contribution in [3.63, 3.8) is 0 Å². The van der Waals surface area contributed by atoms with Gasteiger partial charge in [-0.25, -0.2) is 9.37 Å². The SMILES string of the molecule is CN(C)CCCNc1nc(Nc2ccc(I)cc2F)cc(C(F)(F)F)n1. The van der Waals surface area contributed by atoms with Crippen LogP contribution in [0.25, 0.3) is 0 Å². The van der Waals surface area contributed by atoms with Crippen LogP contribution in [0.2, 0.25) is 0 Å². The molecule has 2 rings (SSSR count). The number of aromatic nitrogens is 2. The van der Waals surface area contributed by atoms with Gasteiger partial charge >= 0.3 is 6.18 Å². The summed E-state index contributed by atoms with van der Waals surface area (Å²) in [5, 5.41) is 5.36. The highest BCUT2D eigenvalue weighted by molar-refractivity contribution is 14.1. The van der Waals surface area contributed by atoms with Crippen molar-refractivity contribution in [2.75, 3.05) is 37.8 Å². The summed E-state index contributed by atoms with van der Waals surface area (Å²) in [7, 11) is 3.80. The Hall–Kier alpha value is -1.69. The molecule has 5 nitrogen and oxygen atoms in total. The van der Waals surface area contributed by atoms with E-state index in [1.807, 2.05) is 41.6 Å². The van der Waals surface area contributed by atoms with Crippen LogP contribution in [0, 0.1) is 9.39 Å². The number of nitrogens with one attached hydrogen (secondary N) is 2. The molecule has 0 radical (unpaired) electrons. The maximum atomic E-state index is 13.9. The van der Waals surface area contributed by atoms with Gasteiger partial charge in [0, 0.05) is 16.2 Å². The molecule has 1 heterocycles. The van der Waals surface area contributed by atoms with Crippen molar-refractivity contribution in [1.82, 2.24) is 14.9 Å². The number of nitrogens with zero attached hydrogens (tertiary/aromatic N) is 3. The van der Waals surface area contributed by atoms with Crippen LogP contribution in [0.5, 0.6) is 0 Å². The Morgan fingerprint density at radius 3 is 2.50 bits per heavy atom. The van der Waals surface area contributed by atoms with E-state index >= 15 is 0 Å². The van der Waals surface area contributed by atoms with Crippen LogP contribution in [0.15, 0.2) is 24.3 Å². The van der Waals surface area contributed by atoms with E-state index in [-0.39, 0.29) is 17.5 Å². The molecule has 0 spiro atoms. The second-order valence-electron chi connectivity index (χ2n) is 5.79. The van der Waals surface area contributed by atoms with Crippen molar-refractivity contribution in [1.29, 1.82) is 0 Å². The first-order chi connectivity index (χ1) is 12.1. The lowest BCUT2D eigenvalue weighted by molar-refractivity contribution is -0.141. The predicted molar refractivity (Wildman–Crippen MR) is 101 cm³/mol. The number of halogens is 5. The molecule has 0 atom stereocenters. The number of hydrogen-bond acceptors (Lipinski definition) is 5. The van der Waals surface area contributed by atoms with Crippen molar-refractivity contribution < 1.29 is 17.6 Å². The number of benzene rings is 1. The molecule has 2 aromatic rings. The van der Waals surface area contributed by atoms with Gasteiger partial charge in [0.05, 0.1) is 5.69 Å². The van der Waals surface area contributed by atoms with Gasteiger partial charge < -0.3 is 15.5 Å². The number of anilines is 3. The molecule has 1 aromatic heterocycles. The summed E-state index contributed by atoms with van der Waals surface area (Å²) in [4.78, 5) is 9.47. The standard InChI is InChI=1S/C16H18F4IN5/c1-26(2)7-3-6-22-15-24-13(16(18,19)20)9-14(25-15)23-12-5-4-10(21)8-11(12)17/h4-5,8-9H,3,6-7H2,1-2H3,(H2,22,23,24,25). The van der Waals surface area contributed by atoms with Gasteiger partial charge in [0.25, 0.3) is 0 Å². The first kappa shape index (κ1) is 20.6. The van der Waals surface area contributed by atoms with Crippen molar-refractivity contribution in [3.05, 3.63) is 39.3 Å². The van der Waals surface area contributed by atoms with Crippen LogP contribution in [-0.2, 0) is 6.18 Å². The zero-order valence-corrected chi connectivity index (χ0v) is 16.3. The van der Waals surface area contributed by atoms with Gasteiger partial charge in [0.15, 0.2) is 5.69 Å². The summed E-state index contributed by atoms with van der Waals surface area (Å²) in [6.45, 7) is 1.18. The second-order valence-corrected chi connectivity index (χ2v) is 7.04. The van der Waals surface area contributed by atoms with Gasteiger partial charge in [0.1, 0.15) is 11.6 Å². The van der Waals surface area contributed by atoms with Gasteiger partial charge in [-0.2, -0.15) is 18.2 Å². The summed E-state index contributed by atoms with van der Waals surface area (Å²) in [5.74, 6) is -0.876. The zero-order chi connectivity index (χ0) is 19.3. The van der Waals surface area contributed by atoms with Gasteiger partial charge in [-0.15, -0.1) is 0 Å². The van der Waals surface area contributed by atoms with E-state index in [0.29, 0.717) is 16.5 Å². The molecule has 0 aliphatic carbocycles. The molecule has 0 aliphatic heterocycles. The first-order valence-electron chi connectivity index (χ1n) is 7.72. The van der Waals surface area contributed by atoms with Crippen LogP contribution in [-0.4, -0.2) is 42.1 Å². The fourth-order valence-corrected chi connectivity index (χ4v) is 2.51. The monoisotopic (exact) mass is 483 g/mol. The average molecular weight is 483 g/mol. The quantitative estimate of drug-likeness (QED) is 0.349. The topological polar surface area (TPSA) is 53.1 Å². The van der Waals surface area contributed by atoms with E-state index < -0.39 is 17.7 Å². The Morgan fingerprint density at radius 1 is 1.15 bits per heavy atom. The Kier molecular flexibility index (Phi) is 6.98. The molecule has 142 valence electrons. The molecule has 26 heavy (non-hydrogen) atoms. The molecule has 0 fully saturated rings. The van der Waals surface area contributed by atoms with E-state index in [9.17, 15) is 17.6 Å². The van der Waals surface area contributed by atoms with Crippen molar-refractivity contribution in [2.45, 2.75) is 12.6 Å². The van der Waals surface area contributed by atoms with E-state index in [1.54, 1.807) is 6.07 Å². The summed E-state index contributed by atoms with van der Waals surface area (Å²) in [6, 6.07) is 5.10. The average Bonchev–Trinajstić information content (AvgIpc) is 2.53. The molecule has 0 amide bonds. The lowest BCUT2D eigenvalue weighted by atomic mass is 10.3. The lowest BCUT2D eigenvalue weighted by Crippen LogP contribution is -2.18. The van der Waals surface area contributed by atoms with Crippen LogP contribution in [0.4, 0.5) is 35.0 Å². The summed E-state index contributed by atoms with van der Waals surface area (Å²) in [6.07, 6.45) is -3.93. The molecule has 0 unspecified atom stereocenters. The van der Waals surface area contributed by atoms with Gasteiger partial charge in [-0.1, -0.05) is 0 Å². The van der Waals surface area contributed by atoms with Crippen LogP contribution < -0.4 is 10.6 Å². The molecular formula is C16H18F4IN5. The molecule has 1 aromatic carbocycles. The van der Waals surface area contributed by atoms with Gasteiger partial charge in [-0.05, 0) is 67.9 Å². The highest BCUT2D eigenvalue weighted by Gasteiger charge is 2.33. The number of rotatable bonds is 7. The van der Waals surface area contributed by atoms with Crippen LogP contribution in [0.3, 0.4) is 0 Å². The minimum Gasteiger partial charge on any atom is -0.354 e. The third-order valence-electron chi connectivity index (χ3n) is 3.28. The van der Waals surface area contributed by atoms with Crippen molar-refractivity contribution >= 4 is 40.0 Å². The highest BCUT2D eigenvalue weighted by Crippen LogP contribution is 2.31. The summed E-state index contributed by atoms with van der Waals surface area (Å²) in [5.41, 5.74) is -1.06. The molecular weight excluding hydrogens is 465 g/mol. The molecule has 0 aliphatic rings. The van der Waals surface area contributed by atoms with E-state index in [4.69, 9.17) is 0 Å². The Bertz CT molecular complexity index is 752. The molecule has 0 bridgehead atoms. The van der Waals surface area contributed by atoms with Crippen LogP contribution >= 0.6 is 22.6 Å². The lowest BCUT2D eigenvalue weighted by Gasteiger charge is -2.14. The minimum absolute atomic E-state index is 0.0378. The summed E-state index contributed by atoms with van der Waals surface area (Å²) < 4.78 is 53.9. The Labute approximate surface area is 162 Å². The van der Waals surface area contributed by atoms with Gasteiger partial charge in [0.2, 0.25) is 5.95 Å². The van der Waals surface area contributed by atoms with Gasteiger partial charge in [-0.3, -0.25) is 0 Å². The molecule has 0 saturated carbocycles. The van der Waals surface area contributed by atoms with Crippen LogP contribution in [0.1, 0.15) is 12.1 Å². The maximum absolute atomic E-state index is 13.9. The molecule has 0 saturated heterocycles. The maximum Gasteiger partial charge on any atom is 0.433 e. The number of alkyl halides is 3. The minimum atomic E-state index is -4.63. The van der Waals surface area contributed by atoms with Crippen molar-refractivity contribution in [2.24, 2.45) is 0 Å². The largest absolute Gasteiger partial charge is 0.433 e. The zero-order valence-electron chi connectivity index (χ0n) is 14.2. The molecule has 2 N–H and O–H groups in total. The predicted octanol–water partition coefficient (Wildman–Crippen LogP) is 4.35. The van der Waals surface area contributed by atoms with E-state index in [2.05, 4.69) is 20.6 Å². The Balaban J connectivity index is 2.22. The highest BCUT2D eigenvalue weighted by atomic mass is 127. The third kappa shape index (κ3) is 6.24. The third-order valence-corrected chi connectivity index (χ3v) is 3.95. The molecule has 10 heteroatoms. The number of hydrogen-bond donors (Lipinski definition) is 2. The second kappa shape index (κ2) is 8.80. The van der Waals surface area contributed by atoms with E-state index in [1.165, 1.54) is 12.1 Å². The van der Waals surface area contributed by atoms with Crippen molar-refractivity contribution in [3.8, 4) is 0 Å². The Morgan fingerprint density at radius 2 is 1.88 bits per heavy atom.